The third kappa shape index (κ3) is 3.66. The van der Waals surface area contributed by atoms with Gasteiger partial charge in [0.2, 0.25) is 5.91 Å². The van der Waals surface area contributed by atoms with Gasteiger partial charge in [-0.1, -0.05) is 25.1 Å². The van der Waals surface area contributed by atoms with E-state index in [9.17, 15) is 9.59 Å². The summed E-state index contributed by atoms with van der Waals surface area (Å²) < 4.78 is 0. The predicted octanol–water partition coefficient (Wildman–Crippen LogP) is 2.94. The maximum Gasteiger partial charge on any atom is 0.322 e. The van der Waals surface area contributed by atoms with Crippen LogP contribution in [0.3, 0.4) is 0 Å². The lowest BCUT2D eigenvalue weighted by Crippen LogP contribution is -2.51. The molecule has 3 rings (SSSR count). The molecule has 5 nitrogen and oxygen atoms in total. The van der Waals surface area contributed by atoms with E-state index < -0.39 is 0 Å². The van der Waals surface area contributed by atoms with Gasteiger partial charge in [0.1, 0.15) is 6.04 Å². The van der Waals surface area contributed by atoms with Crippen LogP contribution < -0.4 is 5.32 Å². The second kappa shape index (κ2) is 7.02. The molecule has 2 atom stereocenters. The highest BCUT2D eigenvalue weighted by atomic mass is 16.2. The molecule has 0 spiro atoms. The number of anilines is 1. The molecule has 2 heterocycles. The van der Waals surface area contributed by atoms with E-state index in [4.69, 9.17) is 0 Å². The Morgan fingerprint density at radius 3 is 2.57 bits per heavy atom. The van der Waals surface area contributed by atoms with E-state index in [1.54, 1.807) is 4.90 Å². The van der Waals surface area contributed by atoms with E-state index in [0.717, 1.165) is 38.0 Å². The van der Waals surface area contributed by atoms with Gasteiger partial charge in [0.15, 0.2) is 0 Å². The number of urea groups is 1. The number of hydrogen-bond donors (Lipinski definition) is 1. The van der Waals surface area contributed by atoms with E-state index in [1.165, 1.54) is 6.42 Å². The van der Waals surface area contributed by atoms with Gasteiger partial charge in [-0.15, -0.1) is 0 Å². The predicted molar refractivity (Wildman–Crippen MR) is 90.2 cm³/mol. The van der Waals surface area contributed by atoms with Crippen LogP contribution in [0.4, 0.5) is 10.5 Å². The van der Waals surface area contributed by atoms with Crippen LogP contribution in [-0.4, -0.2) is 47.4 Å². The molecule has 0 bridgehead atoms. The standard InChI is InChI=1S/C18H25N3O2/c1-14-7-5-11-20(13-14)17(22)16-10-6-12-21(16)18(23)19-15-8-3-2-4-9-15/h2-4,8-9,14,16H,5-7,10-13H2,1H3,(H,19,23)/t14-,16-/m0/s1. The van der Waals surface area contributed by atoms with Crippen LogP contribution in [0.15, 0.2) is 30.3 Å². The number of rotatable bonds is 2. The number of carbonyl (C=O) groups is 2. The summed E-state index contributed by atoms with van der Waals surface area (Å²) in [5, 5.41) is 2.90. The highest BCUT2D eigenvalue weighted by molar-refractivity contribution is 5.94. The molecular weight excluding hydrogens is 290 g/mol. The SMILES string of the molecule is C[C@H]1CCCN(C(=O)[C@@H]2CCCN2C(=O)Nc2ccccc2)C1. The second-order valence-electron chi connectivity index (χ2n) is 6.68. The fourth-order valence-corrected chi connectivity index (χ4v) is 3.58. The van der Waals surface area contributed by atoms with Crippen LogP contribution in [0.1, 0.15) is 32.6 Å². The highest BCUT2D eigenvalue weighted by Crippen LogP contribution is 2.24. The molecule has 2 fully saturated rings. The Hall–Kier alpha value is -2.04. The largest absolute Gasteiger partial charge is 0.341 e. The van der Waals surface area contributed by atoms with Crippen molar-refractivity contribution in [3.63, 3.8) is 0 Å². The highest BCUT2D eigenvalue weighted by Gasteiger charge is 2.37. The van der Waals surface area contributed by atoms with Crippen molar-refractivity contribution in [2.24, 2.45) is 5.92 Å². The van der Waals surface area contributed by atoms with Crippen LogP contribution in [0, 0.1) is 5.92 Å². The summed E-state index contributed by atoms with van der Waals surface area (Å²) in [6, 6.07) is 8.93. The van der Waals surface area contributed by atoms with Gasteiger partial charge < -0.3 is 15.1 Å². The molecule has 0 radical (unpaired) electrons. The molecule has 0 unspecified atom stereocenters. The van der Waals surface area contributed by atoms with E-state index in [1.807, 2.05) is 35.2 Å². The summed E-state index contributed by atoms with van der Waals surface area (Å²) in [4.78, 5) is 29.0. The van der Waals surface area contributed by atoms with Gasteiger partial charge in [0.25, 0.3) is 0 Å². The quantitative estimate of drug-likeness (QED) is 0.912. The first-order valence-electron chi connectivity index (χ1n) is 8.56. The van der Waals surface area contributed by atoms with Crippen molar-refractivity contribution in [2.75, 3.05) is 25.0 Å². The molecule has 2 aliphatic heterocycles. The van der Waals surface area contributed by atoms with Crippen molar-refractivity contribution in [2.45, 2.75) is 38.6 Å². The fraction of sp³-hybridized carbons (Fsp3) is 0.556. The first-order chi connectivity index (χ1) is 11.1. The Morgan fingerprint density at radius 1 is 1.09 bits per heavy atom. The fourth-order valence-electron chi connectivity index (χ4n) is 3.58. The van der Waals surface area contributed by atoms with E-state index in [0.29, 0.717) is 12.5 Å². The number of amides is 3. The zero-order valence-corrected chi connectivity index (χ0v) is 13.7. The van der Waals surface area contributed by atoms with Crippen LogP contribution in [0.25, 0.3) is 0 Å². The van der Waals surface area contributed by atoms with Gasteiger partial charge in [0, 0.05) is 25.3 Å². The molecule has 124 valence electrons. The summed E-state index contributed by atoms with van der Waals surface area (Å²) >= 11 is 0. The van der Waals surface area contributed by atoms with Crippen molar-refractivity contribution in [1.29, 1.82) is 0 Å². The molecule has 1 aromatic rings. The van der Waals surface area contributed by atoms with Gasteiger partial charge in [-0.25, -0.2) is 4.79 Å². The lowest BCUT2D eigenvalue weighted by molar-refractivity contribution is -0.136. The van der Waals surface area contributed by atoms with Crippen LogP contribution in [0.5, 0.6) is 0 Å². The van der Waals surface area contributed by atoms with E-state index in [2.05, 4.69) is 12.2 Å². The zero-order chi connectivity index (χ0) is 16.2. The molecule has 0 aromatic heterocycles. The second-order valence-corrected chi connectivity index (χ2v) is 6.68. The van der Waals surface area contributed by atoms with Gasteiger partial charge in [-0.2, -0.15) is 0 Å². The number of nitrogens with zero attached hydrogens (tertiary/aromatic N) is 2. The molecule has 5 heteroatoms. The van der Waals surface area contributed by atoms with Gasteiger partial charge >= 0.3 is 6.03 Å². The first kappa shape index (κ1) is 15.8. The number of carbonyl (C=O) groups excluding carboxylic acids is 2. The van der Waals surface area contributed by atoms with Crippen molar-refractivity contribution in [1.82, 2.24) is 9.80 Å². The van der Waals surface area contributed by atoms with E-state index >= 15 is 0 Å². The van der Waals surface area contributed by atoms with Crippen molar-refractivity contribution in [3.8, 4) is 0 Å². The third-order valence-electron chi connectivity index (χ3n) is 4.79. The summed E-state index contributed by atoms with van der Waals surface area (Å²) in [5.41, 5.74) is 0.766. The van der Waals surface area contributed by atoms with Crippen molar-refractivity contribution >= 4 is 17.6 Å². The minimum atomic E-state index is -0.302. The van der Waals surface area contributed by atoms with Gasteiger partial charge in [-0.3, -0.25) is 4.79 Å². The van der Waals surface area contributed by atoms with Crippen LogP contribution >= 0.6 is 0 Å². The molecule has 1 N–H and O–H groups in total. The monoisotopic (exact) mass is 315 g/mol. The van der Waals surface area contributed by atoms with Crippen molar-refractivity contribution in [3.05, 3.63) is 30.3 Å². The minimum absolute atomic E-state index is 0.122. The number of piperidine rings is 1. The first-order valence-corrected chi connectivity index (χ1v) is 8.56. The summed E-state index contributed by atoms with van der Waals surface area (Å²) in [6.45, 7) is 4.49. The maximum atomic E-state index is 12.8. The average Bonchev–Trinajstić information content (AvgIpc) is 3.05. The van der Waals surface area contributed by atoms with Gasteiger partial charge in [0.05, 0.1) is 0 Å². The third-order valence-corrected chi connectivity index (χ3v) is 4.79. The Morgan fingerprint density at radius 2 is 1.83 bits per heavy atom. The van der Waals surface area contributed by atoms with Crippen molar-refractivity contribution < 1.29 is 9.59 Å². The molecule has 0 aliphatic carbocycles. The van der Waals surface area contributed by atoms with E-state index in [-0.39, 0.29) is 18.0 Å². The molecule has 0 saturated carbocycles. The Labute approximate surface area is 137 Å². The molecule has 3 amide bonds. The zero-order valence-electron chi connectivity index (χ0n) is 13.7. The normalized spacial score (nSPS) is 24.6. The summed E-state index contributed by atoms with van der Waals surface area (Å²) in [7, 11) is 0. The lowest BCUT2D eigenvalue weighted by Gasteiger charge is -2.35. The molecule has 2 aliphatic rings. The smallest absolute Gasteiger partial charge is 0.322 e. The average molecular weight is 315 g/mol. The van der Waals surface area contributed by atoms with Gasteiger partial charge in [-0.05, 0) is 43.7 Å². The minimum Gasteiger partial charge on any atom is -0.341 e. The lowest BCUT2D eigenvalue weighted by atomic mass is 9.99. The van der Waals surface area contributed by atoms with Crippen LogP contribution in [-0.2, 0) is 4.79 Å². The molecule has 1 aromatic carbocycles. The van der Waals surface area contributed by atoms with Crippen LogP contribution in [0.2, 0.25) is 0 Å². The Bertz CT molecular complexity index is 561. The number of para-hydroxylation sites is 1. The maximum absolute atomic E-state index is 12.8. The summed E-state index contributed by atoms with van der Waals surface area (Å²) in [5.74, 6) is 0.679. The number of benzene rings is 1. The Balaban J connectivity index is 1.65. The molecule has 2 saturated heterocycles. The number of hydrogen-bond acceptors (Lipinski definition) is 2. The summed E-state index contributed by atoms with van der Waals surface area (Å²) in [6.07, 6.45) is 3.91. The number of likely N-dealkylation sites (tertiary alicyclic amines) is 2. The molecular formula is C18H25N3O2. The topological polar surface area (TPSA) is 52.7 Å². The molecule has 23 heavy (non-hydrogen) atoms. The Kier molecular flexibility index (Phi) is 4.84. The number of nitrogens with one attached hydrogen (secondary N) is 1.